The summed E-state index contributed by atoms with van der Waals surface area (Å²) >= 11 is 0. The van der Waals surface area contributed by atoms with Crippen molar-refractivity contribution in [2.45, 2.75) is 6.54 Å². The third-order valence-electron chi connectivity index (χ3n) is 1.97. The molecule has 0 saturated heterocycles. The summed E-state index contributed by atoms with van der Waals surface area (Å²) in [7, 11) is 3.54. The van der Waals surface area contributed by atoms with Crippen LogP contribution in [0.5, 0.6) is 11.5 Å². The van der Waals surface area contributed by atoms with Crippen LogP contribution >= 0.6 is 0 Å². The Morgan fingerprint density at radius 2 is 2.20 bits per heavy atom. The van der Waals surface area contributed by atoms with Crippen molar-refractivity contribution in [2.24, 2.45) is 0 Å². The summed E-state index contributed by atoms with van der Waals surface area (Å²) in [5.41, 5.74) is 1.16. The maximum Gasteiger partial charge on any atom is 0.161 e. The maximum atomic E-state index is 5.49. The number of nitrogens with one attached hydrogen (secondary N) is 1. The van der Waals surface area contributed by atoms with Crippen molar-refractivity contribution < 1.29 is 9.47 Å². The first-order valence-corrected chi connectivity index (χ1v) is 4.87. The molecule has 0 bridgehead atoms. The average Bonchev–Trinajstić information content (AvgIpc) is 2.27. The molecule has 0 aliphatic rings. The Bertz CT molecular complexity index is 323. The minimum atomic E-state index is 0.485. The molecule has 0 unspecified atom stereocenters. The standard InChI is InChI=1S/C12H17NO2/c1-4-7-15-12-8-10(9-13-2)5-6-11(12)14-3/h4-6,8,13H,1,7,9H2,2-3H3. The van der Waals surface area contributed by atoms with Crippen molar-refractivity contribution in [3.8, 4) is 11.5 Å². The zero-order valence-corrected chi connectivity index (χ0v) is 9.25. The molecule has 0 atom stereocenters. The van der Waals surface area contributed by atoms with Crippen LogP contribution in [0.3, 0.4) is 0 Å². The zero-order valence-electron chi connectivity index (χ0n) is 9.25. The highest BCUT2D eigenvalue weighted by molar-refractivity contribution is 5.43. The van der Waals surface area contributed by atoms with Gasteiger partial charge >= 0.3 is 0 Å². The van der Waals surface area contributed by atoms with Crippen LogP contribution in [0.15, 0.2) is 30.9 Å². The first kappa shape index (κ1) is 11.6. The summed E-state index contributed by atoms with van der Waals surface area (Å²) in [5, 5.41) is 3.09. The largest absolute Gasteiger partial charge is 0.493 e. The van der Waals surface area contributed by atoms with Crippen molar-refractivity contribution in [2.75, 3.05) is 20.8 Å². The SMILES string of the molecule is C=CCOc1cc(CNC)ccc1OC. The molecule has 82 valence electrons. The molecule has 1 rings (SSSR count). The van der Waals surface area contributed by atoms with E-state index in [1.165, 1.54) is 0 Å². The van der Waals surface area contributed by atoms with Gasteiger partial charge in [0.15, 0.2) is 11.5 Å². The van der Waals surface area contributed by atoms with Gasteiger partial charge in [-0.25, -0.2) is 0 Å². The summed E-state index contributed by atoms with van der Waals surface area (Å²) in [5.74, 6) is 1.50. The molecular formula is C12H17NO2. The predicted molar refractivity (Wildman–Crippen MR) is 61.4 cm³/mol. The lowest BCUT2D eigenvalue weighted by molar-refractivity contribution is 0.326. The first-order chi connectivity index (χ1) is 7.31. The van der Waals surface area contributed by atoms with E-state index in [-0.39, 0.29) is 0 Å². The fourth-order valence-corrected chi connectivity index (χ4v) is 1.30. The van der Waals surface area contributed by atoms with E-state index in [9.17, 15) is 0 Å². The molecule has 0 heterocycles. The molecule has 0 amide bonds. The fraction of sp³-hybridized carbons (Fsp3) is 0.333. The summed E-state index contributed by atoms with van der Waals surface area (Å²) in [6, 6.07) is 5.89. The molecule has 0 spiro atoms. The second-order valence-electron chi connectivity index (χ2n) is 3.12. The zero-order chi connectivity index (χ0) is 11.1. The van der Waals surface area contributed by atoms with Gasteiger partial charge in [-0.3, -0.25) is 0 Å². The van der Waals surface area contributed by atoms with Gasteiger partial charge in [-0.2, -0.15) is 0 Å². The molecule has 1 N–H and O–H groups in total. The third kappa shape index (κ3) is 3.29. The highest BCUT2D eigenvalue weighted by Gasteiger charge is 2.04. The van der Waals surface area contributed by atoms with E-state index in [1.54, 1.807) is 13.2 Å². The van der Waals surface area contributed by atoms with Crippen molar-refractivity contribution >= 4 is 0 Å². The van der Waals surface area contributed by atoms with Gasteiger partial charge in [-0.1, -0.05) is 18.7 Å². The number of rotatable bonds is 6. The van der Waals surface area contributed by atoms with E-state index in [0.717, 1.165) is 23.6 Å². The monoisotopic (exact) mass is 207 g/mol. The van der Waals surface area contributed by atoms with Crippen LogP contribution in [0, 0.1) is 0 Å². The van der Waals surface area contributed by atoms with Crippen LogP contribution in [0.25, 0.3) is 0 Å². The Balaban J connectivity index is 2.85. The van der Waals surface area contributed by atoms with Gasteiger partial charge in [0.05, 0.1) is 7.11 Å². The number of benzene rings is 1. The molecule has 15 heavy (non-hydrogen) atoms. The first-order valence-electron chi connectivity index (χ1n) is 4.87. The van der Waals surface area contributed by atoms with Crippen LogP contribution in [-0.4, -0.2) is 20.8 Å². The molecule has 0 fully saturated rings. The van der Waals surface area contributed by atoms with Gasteiger partial charge in [-0.05, 0) is 24.7 Å². The van der Waals surface area contributed by atoms with Gasteiger partial charge < -0.3 is 14.8 Å². The Labute approximate surface area is 90.7 Å². The maximum absolute atomic E-state index is 5.49. The second-order valence-corrected chi connectivity index (χ2v) is 3.12. The second kappa shape index (κ2) is 6.09. The van der Waals surface area contributed by atoms with Gasteiger partial charge in [0.1, 0.15) is 6.61 Å². The summed E-state index contributed by atoms with van der Waals surface area (Å²) in [6.45, 7) is 4.91. The summed E-state index contributed by atoms with van der Waals surface area (Å²) < 4.78 is 10.7. The predicted octanol–water partition coefficient (Wildman–Crippen LogP) is 1.98. The van der Waals surface area contributed by atoms with Gasteiger partial charge in [0, 0.05) is 6.54 Å². The number of ether oxygens (including phenoxy) is 2. The Morgan fingerprint density at radius 1 is 1.40 bits per heavy atom. The third-order valence-corrected chi connectivity index (χ3v) is 1.97. The smallest absolute Gasteiger partial charge is 0.161 e. The lowest BCUT2D eigenvalue weighted by atomic mass is 10.2. The highest BCUT2D eigenvalue weighted by Crippen LogP contribution is 2.27. The van der Waals surface area contributed by atoms with Gasteiger partial charge in [0.25, 0.3) is 0 Å². The number of methoxy groups -OCH3 is 1. The van der Waals surface area contributed by atoms with E-state index < -0.39 is 0 Å². The lowest BCUT2D eigenvalue weighted by Gasteiger charge is -2.10. The Kier molecular flexibility index (Phi) is 4.71. The fourth-order valence-electron chi connectivity index (χ4n) is 1.30. The van der Waals surface area contributed by atoms with E-state index >= 15 is 0 Å². The summed E-state index contributed by atoms with van der Waals surface area (Å²) in [4.78, 5) is 0. The van der Waals surface area contributed by atoms with E-state index in [1.807, 2.05) is 25.2 Å². The Hall–Kier alpha value is -1.48. The average molecular weight is 207 g/mol. The van der Waals surface area contributed by atoms with Gasteiger partial charge in [-0.15, -0.1) is 0 Å². The van der Waals surface area contributed by atoms with Crippen LogP contribution in [0.2, 0.25) is 0 Å². The van der Waals surface area contributed by atoms with Crippen molar-refractivity contribution in [1.29, 1.82) is 0 Å². The molecule has 0 aromatic heterocycles. The van der Waals surface area contributed by atoms with Crippen molar-refractivity contribution in [3.05, 3.63) is 36.4 Å². The van der Waals surface area contributed by atoms with E-state index in [0.29, 0.717) is 6.61 Å². The molecular weight excluding hydrogens is 190 g/mol. The summed E-state index contributed by atoms with van der Waals surface area (Å²) in [6.07, 6.45) is 1.71. The molecule has 0 radical (unpaired) electrons. The van der Waals surface area contributed by atoms with E-state index in [2.05, 4.69) is 11.9 Å². The lowest BCUT2D eigenvalue weighted by Crippen LogP contribution is -2.05. The molecule has 0 aliphatic heterocycles. The van der Waals surface area contributed by atoms with Crippen LogP contribution < -0.4 is 14.8 Å². The molecule has 3 heteroatoms. The molecule has 0 aliphatic carbocycles. The normalized spacial score (nSPS) is 9.73. The van der Waals surface area contributed by atoms with Gasteiger partial charge in [0.2, 0.25) is 0 Å². The van der Waals surface area contributed by atoms with Crippen LogP contribution in [0.1, 0.15) is 5.56 Å². The number of hydrogen-bond donors (Lipinski definition) is 1. The van der Waals surface area contributed by atoms with Crippen LogP contribution in [0.4, 0.5) is 0 Å². The van der Waals surface area contributed by atoms with E-state index in [4.69, 9.17) is 9.47 Å². The Morgan fingerprint density at radius 3 is 2.80 bits per heavy atom. The highest BCUT2D eigenvalue weighted by atomic mass is 16.5. The quantitative estimate of drug-likeness (QED) is 0.723. The molecule has 3 nitrogen and oxygen atoms in total. The van der Waals surface area contributed by atoms with Crippen LogP contribution in [-0.2, 0) is 6.54 Å². The van der Waals surface area contributed by atoms with Crippen molar-refractivity contribution in [1.82, 2.24) is 5.32 Å². The number of hydrogen-bond acceptors (Lipinski definition) is 3. The van der Waals surface area contributed by atoms with Crippen molar-refractivity contribution in [3.63, 3.8) is 0 Å². The molecule has 1 aromatic rings. The molecule has 1 aromatic carbocycles. The minimum Gasteiger partial charge on any atom is -0.493 e. The minimum absolute atomic E-state index is 0.485. The topological polar surface area (TPSA) is 30.5 Å². The molecule has 0 saturated carbocycles.